The molecule has 7 nitrogen and oxygen atoms in total. The maximum atomic E-state index is 13.8. The van der Waals surface area contributed by atoms with Crippen LogP contribution in [-0.2, 0) is 23.9 Å². The van der Waals surface area contributed by atoms with Crippen LogP contribution >= 0.6 is 0 Å². The molecule has 52 heavy (non-hydrogen) atoms. The second-order valence-electron chi connectivity index (χ2n) is 16.1. The van der Waals surface area contributed by atoms with Crippen LogP contribution in [0.3, 0.4) is 0 Å². The van der Waals surface area contributed by atoms with Crippen LogP contribution in [0.25, 0.3) is 0 Å². The fourth-order valence-electron chi connectivity index (χ4n) is 7.64. The molecule has 0 aromatic rings. The molecule has 1 rings (SSSR count). The number of amides is 1. The summed E-state index contributed by atoms with van der Waals surface area (Å²) in [6, 6.07) is 0. The predicted molar refractivity (Wildman–Crippen MR) is 218 cm³/mol. The first-order valence-electron chi connectivity index (χ1n) is 22.7. The van der Waals surface area contributed by atoms with Crippen molar-refractivity contribution in [3.8, 4) is 0 Å². The van der Waals surface area contributed by atoms with Crippen molar-refractivity contribution in [2.45, 2.75) is 208 Å². The van der Waals surface area contributed by atoms with Crippen molar-refractivity contribution < 1.29 is 23.9 Å². The first kappa shape index (κ1) is 48.4. The molecule has 1 aliphatic heterocycles. The third kappa shape index (κ3) is 24.6. The number of hydrogen-bond acceptors (Lipinski definition) is 6. The number of likely N-dealkylation sites (tertiary alicyclic amines) is 1. The maximum absolute atomic E-state index is 13.8. The van der Waals surface area contributed by atoms with E-state index in [1.54, 1.807) is 4.90 Å². The van der Waals surface area contributed by atoms with Crippen molar-refractivity contribution in [1.82, 2.24) is 9.80 Å². The van der Waals surface area contributed by atoms with Gasteiger partial charge in [-0.15, -0.1) is 0 Å². The molecule has 1 heterocycles. The van der Waals surface area contributed by atoms with Crippen molar-refractivity contribution in [3.05, 3.63) is 0 Å². The third-order valence-corrected chi connectivity index (χ3v) is 11.3. The lowest BCUT2D eigenvalue weighted by atomic mass is 9.94. The van der Waals surface area contributed by atoms with E-state index in [1.165, 1.54) is 103 Å². The molecule has 3 unspecified atom stereocenters. The standard InChI is InChI=1S/C45H86N2O5/c1-6-10-14-18-20-24-30-41(28-22-16-12-8-3)44(49)51-38-36-47(43(48)40(5)32-35-46-33-26-27-34-46)37-39-52-45(50)42(29-23-17-13-9-4)31-25-21-19-15-11-7-2/h40-42H,6-39H2,1-5H3. The molecule has 1 aliphatic rings. The molecular weight excluding hydrogens is 649 g/mol. The van der Waals surface area contributed by atoms with Gasteiger partial charge in [-0.3, -0.25) is 14.4 Å². The summed E-state index contributed by atoms with van der Waals surface area (Å²) in [5, 5.41) is 0. The number of rotatable bonds is 36. The van der Waals surface area contributed by atoms with Gasteiger partial charge in [0, 0.05) is 5.92 Å². The largest absolute Gasteiger partial charge is 0.464 e. The molecule has 0 radical (unpaired) electrons. The summed E-state index contributed by atoms with van der Waals surface area (Å²) in [4.78, 5) is 44.8. The summed E-state index contributed by atoms with van der Waals surface area (Å²) >= 11 is 0. The molecule has 1 fully saturated rings. The number of hydrogen-bond donors (Lipinski definition) is 0. The van der Waals surface area contributed by atoms with Crippen LogP contribution in [0.4, 0.5) is 0 Å². The van der Waals surface area contributed by atoms with Gasteiger partial charge in [0.05, 0.1) is 24.9 Å². The highest BCUT2D eigenvalue weighted by atomic mass is 16.5. The smallest absolute Gasteiger partial charge is 0.308 e. The molecule has 3 atom stereocenters. The average molecular weight is 735 g/mol. The highest BCUT2D eigenvalue weighted by Gasteiger charge is 2.25. The van der Waals surface area contributed by atoms with Crippen LogP contribution in [0, 0.1) is 17.8 Å². The van der Waals surface area contributed by atoms with Crippen LogP contribution < -0.4 is 0 Å². The van der Waals surface area contributed by atoms with Crippen LogP contribution in [0.5, 0.6) is 0 Å². The summed E-state index contributed by atoms with van der Waals surface area (Å²) in [6.45, 7) is 15.2. The quantitative estimate of drug-likeness (QED) is 0.0471. The number of esters is 2. The Morgan fingerprint density at radius 2 is 0.865 bits per heavy atom. The minimum atomic E-state index is -0.134. The summed E-state index contributed by atoms with van der Waals surface area (Å²) in [7, 11) is 0. The van der Waals surface area contributed by atoms with Gasteiger partial charge < -0.3 is 19.3 Å². The van der Waals surface area contributed by atoms with E-state index >= 15 is 0 Å². The molecule has 0 spiro atoms. The normalized spacial score (nSPS) is 15.0. The fraction of sp³-hybridized carbons (Fsp3) is 0.933. The van der Waals surface area contributed by atoms with Crippen LogP contribution in [0.1, 0.15) is 208 Å². The highest BCUT2D eigenvalue weighted by molar-refractivity contribution is 5.78. The summed E-state index contributed by atoms with van der Waals surface area (Å²) in [6.07, 6.45) is 30.6. The predicted octanol–water partition coefficient (Wildman–Crippen LogP) is 11.7. The molecule has 0 aromatic carbocycles. The van der Waals surface area contributed by atoms with Gasteiger partial charge in [-0.25, -0.2) is 0 Å². The second kappa shape index (κ2) is 33.9. The van der Waals surface area contributed by atoms with E-state index < -0.39 is 0 Å². The fourth-order valence-corrected chi connectivity index (χ4v) is 7.64. The Kier molecular flexibility index (Phi) is 31.5. The highest BCUT2D eigenvalue weighted by Crippen LogP contribution is 2.22. The lowest BCUT2D eigenvalue weighted by Crippen LogP contribution is -2.41. The Balaban J connectivity index is 2.80. The van der Waals surface area contributed by atoms with Crippen molar-refractivity contribution in [2.75, 3.05) is 45.9 Å². The van der Waals surface area contributed by atoms with Crippen molar-refractivity contribution in [3.63, 3.8) is 0 Å². The molecular formula is C45H86N2O5. The van der Waals surface area contributed by atoms with Gasteiger partial charge in [-0.2, -0.15) is 0 Å². The Labute approximate surface area is 322 Å². The Morgan fingerprint density at radius 3 is 1.25 bits per heavy atom. The van der Waals surface area contributed by atoms with Gasteiger partial charge in [0.15, 0.2) is 0 Å². The number of unbranched alkanes of at least 4 members (excludes halogenated alkanes) is 16. The van der Waals surface area contributed by atoms with Crippen LogP contribution in [0.15, 0.2) is 0 Å². The van der Waals surface area contributed by atoms with Crippen molar-refractivity contribution >= 4 is 17.8 Å². The Morgan fingerprint density at radius 1 is 0.519 bits per heavy atom. The van der Waals surface area contributed by atoms with Gasteiger partial charge in [-0.1, -0.05) is 163 Å². The van der Waals surface area contributed by atoms with Gasteiger partial charge in [0.25, 0.3) is 0 Å². The first-order valence-corrected chi connectivity index (χ1v) is 22.7. The van der Waals surface area contributed by atoms with E-state index in [0.717, 1.165) is 90.3 Å². The number of nitrogens with zero attached hydrogens (tertiary/aromatic N) is 2. The van der Waals surface area contributed by atoms with Gasteiger partial charge in [0.1, 0.15) is 13.2 Å². The number of ether oxygens (including phenoxy) is 2. The zero-order valence-electron chi connectivity index (χ0n) is 35.2. The Hall–Kier alpha value is -1.63. The zero-order valence-corrected chi connectivity index (χ0v) is 35.2. The van der Waals surface area contributed by atoms with E-state index in [9.17, 15) is 14.4 Å². The SMILES string of the molecule is CCCCCCCCC(CCCCCC)C(=O)OCCN(CCOC(=O)C(CCCCCC)CCCCCCCC)C(=O)C(C)CCN1CCCC1. The molecule has 0 aliphatic carbocycles. The molecule has 1 saturated heterocycles. The van der Waals surface area contributed by atoms with E-state index in [0.29, 0.717) is 13.1 Å². The molecule has 7 heteroatoms. The van der Waals surface area contributed by atoms with Gasteiger partial charge in [0.2, 0.25) is 5.91 Å². The molecule has 1 amide bonds. The van der Waals surface area contributed by atoms with Gasteiger partial charge in [-0.05, 0) is 64.6 Å². The summed E-state index contributed by atoms with van der Waals surface area (Å²) in [5.41, 5.74) is 0. The number of carbonyl (C=O) groups excluding carboxylic acids is 3. The molecule has 306 valence electrons. The van der Waals surface area contributed by atoms with Crippen LogP contribution in [-0.4, -0.2) is 73.6 Å². The molecule has 0 N–H and O–H groups in total. The van der Waals surface area contributed by atoms with Crippen molar-refractivity contribution in [1.29, 1.82) is 0 Å². The first-order chi connectivity index (χ1) is 25.4. The van der Waals surface area contributed by atoms with Crippen molar-refractivity contribution in [2.24, 2.45) is 17.8 Å². The Bertz CT molecular complexity index is 811. The van der Waals surface area contributed by atoms with E-state index in [-0.39, 0.29) is 48.8 Å². The lowest BCUT2D eigenvalue weighted by Gasteiger charge is -2.27. The number of carbonyl (C=O) groups is 3. The topological polar surface area (TPSA) is 76.1 Å². The average Bonchev–Trinajstić information content (AvgIpc) is 3.68. The molecule has 0 saturated carbocycles. The van der Waals surface area contributed by atoms with Gasteiger partial charge >= 0.3 is 11.9 Å². The van der Waals surface area contributed by atoms with Crippen LogP contribution in [0.2, 0.25) is 0 Å². The molecule has 0 bridgehead atoms. The van der Waals surface area contributed by atoms with E-state index in [1.807, 2.05) is 6.92 Å². The minimum absolute atomic E-state index is 0.0616. The monoisotopic (exact) mass is 735 g/mol. The lowest BCUT2D eigenvalue weighted by molar-refractivity contribution is -0.153. The maximum Gasteiger partial charge on any atom is 0.308 e. The zero-order chi connectivity index (χ0) is 38.1. The third-order valence-electron chi connectivity index (χ3n) is 11.3. The summed E-state index contributed by atoms with van der Waals surface area (Å²) in [5.74, 6) is -0.400. The van der Waals surface area contributed by atoms with E-state index in [4.69, 9.17) is 9.47 Å². The summed E-state index contributed by atoms with van der Waals surface area (Å²) < 4.78 is 11.8. The molecule has 0 aromatic heterocycles. The second-order valence-corrected chi connectivity index (χ2v) is 16.1. The minimum Gasteiger partial charge on any atom is -0.464 e. The van der Waals surface area contributed by atoms with E-state index in [2.05, 4.69) is 32.6 Å².